The summed E-state index contributed by atoms with van der Waals surface area (Å²) in [7, 11) is 7.27. The van der Waals surface area contributed by atoms with Crippen LogP contribution in [0.5, 0.6) is 11.5 Å². The molecule has 3 aromatic carbocycles. The number of aromatic nitrogens is 4. The number of nitrogens with zero attached hydrogens (tertiary/aromatic N) is 5. The molecule has 0 spiro atoms. The number of likely N-dealkylation sites (N-methyl/N-ethyl adjacent to an activating group) is 1. The number of methoxy groups -OCH3 is 1. The Bertz CT molecular complexity index is 4100. The Kier molecular flexibility index (Phi) is 24.4. The third-order valence-electron chi connectivity index (χ3n) is 19.0. The van der Waals surface area contributed by atoms with Gasteiger partial charge in [-0.15, -0.1) is 0 Å². The van der Waals surface area contributed by atoms with Gasteiger partial charge in [0.1, 0.15) is 41.7 Å². The molecule has 3 saturated heterocycles. The number of aromatic amines is 1. The highest BCUT2D eigenvalue weighted by atomic mass is 33.1. The van der Waals surface area contributed by atoms with Crippen LogP contribution in [0.25, 0.3) is 11.2 Å². The minimum Gasteiger partial charge on any atom is -0.507 e. The molecular weight excluding hydrogens is 1370 g/mol. The summed E-state index contributed by atoms with van der Waals surface area (Å²) in [5, 5.41) is 78.7. The van der Waals surface area contributed by atoms with E-state index in [9.17, 15) is 73.8 Å². The van der Waals surface area contributed by atoms with Crippen molar-refractivity contribution >= 4 is 97.3 Å². The summed E-state index contributed by atoms with van der Waals surface area (Å²) in [6.07, 6.45) is -4.36. The number of benzene rings is 3. The highest BCUT2D eigenvalue weighted by Gasteiger charge is 2.53. The fraction of sp³-hybridized carbons (Fsp3) is 0.515. The van der Waals surface area contributed by atoms with Crippen molar-refractivity contribution in [1.29, 1.82) is 0 Å². The third-order valence-corrected chi connectivity index (χ3v) is 21.4. The molecule has 3 amide bonds. The predicted molar refractivity (Wildman–Crippen MR) is 369 cm³/mol. The topological polar surface area (TPSA) is 475 Å². The number of aliphatic hydroxyl groups is 2. The SMILES string of the molecule is CC[C@@]1(O)C[C@H](C[C@H]2C[C@@H](N(C)C)[C@H](O[C@H]3C[C@@H](O)[C@H](O[C@H]4CCC(=NNC(=O)CCSSCC(NC(=O)CC[C@H](NC(=O)c5ccc(NCc6cnc7nc(N)[nH]c(=O)c7n6)cc5)C(=O)O)C(=O)O)C(C)O4)C(C)O3)C(C)O2)c2c(cc3c(c2O)C(=O)c2c(O)cccc2C3=O)[C@H]1C(=O)OC. The van der Waals surface area contributed by atoms with Crippen LogP contribution >= 0.6 is 21.6 Å². The highest BCUT2D eigenvalue weighted by molar-refractivity contribution is 8.76. The fourth-order valence-corrected chi connectivity index (χ4v) is 15.9. The van der Waals surface area contributed by atoms with E-state index >= 15 is 0 Å². The lowest BCUT2D eigenvalue weighted by molar-refractivity contribution is -0.311. The van der Waals surface area contributed by atoms with Crippen molar-refractivity contribution in [3.8, 4) is 11.5 Å². The maximum Gasteiger partial charge on any atom is 0.327 e. The Labute approximate surface area is 592 Å². The number of ketones is 2. The van der Waals surface area contributed by atoms with Crippen LogP contribution in [0.1, 0.15) is 163 Å². The molecule has 5 aliphatic rings. The molecule has 4 unspecified atom stereocenters. The van der Waals surface area contributed by atoms with E-state index in [0.29, 0.717) is 36.4 Å². The summed E-state index contributed by atoms with van der Waals surface area (Å²) in [5.74, 6) is -9.74. The standard InChI is InChI=1S/C68H83N11O21S2/c1-8-68(94)26-34(51-39(54(68)66(93)95-7)24-40-53(57(51)85)58(86)52-38(56(40)84)10-9-11-45(52)80)22-37-23-44(79(5)6)59(31(3)96-37)100-50-25-46(81)60(32(4)98-50)99-49-19-17-41(30(2)97-49)77-78-48(83)20-21-101-102-29-43(65(91)92)73-47(82)18-16-42(64(89)90)74-62(87)33-12-14-35(15-13-33)70-27-36-28-71-61-55(72-36)63(88)76-67(69)75-61/h9-15,24,28,30-32,34,37,42-44,46,49-50,54,59-60,70,80-81,85,94H,8,16-23,25-27,29H2,1-7H3,(H,73,82)(H,74,87)(H,78,83)(H,89,90)(H,91,92)(H3,69,71,75,76,88)/t30?,31?,32?,34-,37-,42-,43?,44+,46+,49-,50-,54-,59+,60+,68+/m0/s1. The number of nitrogens with one attached hydrogen (secondary N) is 5. The van der Waals surface area contributed by atoms with E-state index in [4.69, 9.17) is 34.2 Å². The van der Waals surface area contributed by atoms with Crippen LogP contribution < -0.4 is 32.7 Å². The predicted octanol–water partition coefficient (Wildman–Crippen LogP) is 3.74. The number of anilines is 2. The summed E-state index contributed by atoms with van der Waals surface area (Å²) in [6.45, 7) is 7.24. The van der Waals surface area contributed by atoms with Gasteiger partial charge in [0.2, 0.25) is 23.5 Å². The highest BCUT2D eigenvalue weighted by Crippen LogP contribution is 2.55. The van der Waals surface area contributed by atoms with Gasteiger partial charge in [-0.25, -0.2) is 25.0 Å². The van der Waals surface area contributed by atoms with Gasteiger partial charge in [-0.2, -0.15) is 10.1 Å². The molecule has 10 rings (SSSR count). The zero-order valence-corrected chi connectivity index (χ0v) is 58.5. The normalized spacial score (nSPS) is 26.4. The minimum atomic E-state index is -1.69. The molecule has 34 heteroatoms. The number of esters is 1. The second-order valence-electron chi connectivity index (χ2n) is 26.1. The lowest BCUT2D eigenvalue weighted by atomic mass is 9.63. The Morgan fingerprint density at radius 3 is 2.27 bits per heavy atom. The molecule has 0 radical (unpaired) electrons. The number of H-pyrrole nitrogens is 1. The summed E-state index contributed by atoms with van der Waals surface area (Å²) in [6, 6.07) is 8.40. The Morgan fingerprint density at radius 1 is 0.863 bits per heavy atom. The van der Waals surface area contributed by atoms with Crippen LogP contribution in [0.2, 0.25) is 0 Å². The maximum absolute atomic E-state index is 14.1. The van der Waals surface area contributed by atoms with Gasteiger partial charge in [0, 0.05) is 71.2 Å². The van der Waals surface area contributed by atoms with Gasteiger partial charge >= 0.3 is 17.9 Å². The van der Waals surface area contributed by atoms with Crippen LogP contribution in [-0.2, 0) is 58.9 Å². The first-order valence-corrected chi connectivity index (χ1v) is 35.8. The molecule has 15 atom stereocenters. The zero-order valence-electron chi connectivity index (χ0n) is 56.9. The number of carbonyl (C=O) groups is 8. The maximum atomic E-state index is 14.1. The monoisotopic (exact) mass is 1450 g/mol. The minimum absolute atomic E-state index is 0.00569. The summed E-state index contributed by atoms with van der Waals surface area (Å²) in [5.41, 5.74) is 7.18. The number of nitrogens with two attached hydrogens (primary N) is 1. The molecule has 548 valence electrons. The largest absolute Gasteiger partial charge is 0.507 e. The number of carboxylic acids is 2. The Balaban J connectivity index is 0.636. The first-order valence-electron chi connectivity index (χ1n) is 33.3. The van der Waals surface area contributed by atoms with Crippen molar-refractivity contribution in [2.75, 3.05) is 43.8 Å². The van der Waals surface area contributed by atoms with Crippen molar-refractivity contribution in [1.82, 2.24) is 40.9 Å². The summed E-state index contributed by atoms with van der Waals surface area (Å²) >= 11 is 0. The molecule has 3 aliphatic heterocycles. The second-order valence-corrected chi connectivity index (χ2v) is 28.7. The zero-order chi connectivity index (χ0) is 73.6. The molecule has 2 aliphatic carbocycles. The number of ether oxygens (including phenoxy) is 6. The van der Waals surface area contributed by atoms with Gasteiger partial charge in [-0.3, -0.25) is 38.5 Å². The van der Waals surface area contributed by atoms with Crippen LogP contribution in [0.15, 0.2) is 64.6 Å². The summed E-state index contributed by atoms with van der Waals surface area (Å²) < 4.78 is 37.4. The quantitative estimate of drug-likeness (QED) is 0.0151. The lowest BCUT2D eigenvalue weighted by Crippen LogP contribution is -2.58. The molecule has 5 heterocycles. The van der Waals surface area contributed by atoms with Gasteiger partial charge in [0.05, 0.1) is 78.5 Å². The number of hydrogen-bond donors (Lipinski definition) is 12. The van der Waals surface area contributed by atoms with Crippen molar-refractivity contribution < 1.29 is 97.4 Å². The molecule has 102 heavy (non-hydrogen) atoms. The van der Waals surface area contributed by atoms with E-state index < -0.39 is 156 Å². The number of hydrogen-bond acceptors (Lipinski definition) is 28. The van der Waals surface area contributed by atoms with Gasteiger partial charge in [-0.1, -0.05) is 40.6 Å². The number of aliphatic carboxylic acids is 2. The number of carboxylic acid groups (broad SMARTS) is 2. The number of aromatic hydroxyl groups is 2. The molecule has 32 nitrogen and oxygen atoms in total. The number of phenolic OH excluding ortho intramolecular Hbond substituents is 2. The van der Waals surface area contributed by atoms with Crippen molar-refractivity contribution in [2.45, 2.75) is 189 Å². The van der Waals surface area contributed by atoms with Crippen LogP contribution in [0.4, 0.5) is 11.6 Å². The second kappa shape index (κ2) is 32.7. The van der Waals surface area contributed by atoms with E-state index in [2.05, 4.69) is 46.4 Å². The van der Waals surface area contributed by atoms with Crippen molar-refractivity contribution in [3.63, 3.8) is 0 Å². The Hall–Kier alpha value is -8.71. The Morgan fingerprint density at radius 2 is 1.59 bits per heavy atom. The molecule has 0 bridgehead atoms. The number of nitrogen functional groups attached to an aromatic ring is 1. The number of phenols is 2. The van der Waals surface area contributed by atoms with Gasteiger partial charge in [0.25, 0.3) is 11.5 Å². The first-order chi connectivity index (χ1) is 48.6. The average molecular weight is 1450 g/mol. The number of carbonyl (C=O) groups excluding carboxylic acids is 6. The molecule has 13 N–H and O–H groups in total. The molecule has 2 aromatic heterocycles. The number of amides is 3. The average Bonchev–Trinajstić information content (AvgIpc) is 0.711. The van der Waals surface area contributed by atoms with Crippen LogP contribution in [0, 0.1) is 0 Å². The van der Waals surface area contributed by atoms with Gasteiger partial charge in [0.15, 0.2) is 29.5 Å². The molecular formula is C68H83N11O21S2. The lowest BCUT2D eigenvalue weighted by Gasteiger charge is -2.48. The third kappa shape index (κ3) is 17.2. The first kappa shape index (κ1) is 75.9. The molecule has 0 saturated carbocycles. The van der Waals surface area contributed by atoms with Crippen molar-refractivity contribution in [2.24, 2.45) is 5.10 Å². The van der Waals surface area contributed by atoms with Crippen LogP contribution in [-0.4, -0.2) is 220 Å². The summed E-state index contributed by atoms with van der Waals surface area (Å²) in [4.78, 5) is 134. The number of hydrazone groups is 1. The van der Waals surface area contributed by atoms with Gasteiger partial charge in [-0.05, 0) is 121 Å². The molecule has 3 fully saturated rings. The van der Waals surface area contributed by atoms with Crippen molar-refractivity contribution in [3.05, 3.63) is 110 Å². The van der Waals surface area contributed by atoms with E-state index in [0.717, 1.165) is 10.8 Å². The van der Waals surface area contributed by atoms with E-state index in [1.54, 1.807) is 32.9 Å². The molecule has 5 aromatic rings. The van der Waals surface area contributed by atoms with Crippen LogP contribution in [0.3, 0.4) is 0 Å². The number of aliphatic hydroxyl groups excluding tert-OH is 1. The van der Waals surface area contributed by atoms with E-state index in [-0.39, 0.29) is 119 Å². The van der Waals surface area contributed by atoms with E-state index in [1.165, 1.54) is 60.5 Å². The smallest absolute Gasteiger partial charge is 0.327 e. The van der Waals surface area contributed by atoms with E-state index in [1.807, 2.05) is 25.9 Å². The number of rotatable bonds is 27. The number of fused-ring (bicyclic) bond motifs is 4. The fourth-order valence-electron chi connectivity index (χ4n) is 13.7. The van der Waals surface area contributed by atoms with Gasteiger partial charge < -0.3 is 85.6 Å².